The number of H-pyrrole nitrogens is 1. The largest absolute Gasteiger partial charge is 0.357 e. The van der Waals surface area contributed by atoms with Crippen LogP contribution in [0.5, 0.6) is 0 Å². The van der Waals surface area contributed by atoms with Gasteiger partial charge in [-0.25, -0.2) is 0 Å². The number of fused-ring (bicyclic) bond motifs is 3. The van der Waals surface area contributed by atoms with Gasteiger partial charge < -0.3 is 10.3 Å². The fourth-order valence-electron chi connectivity index (χ4n) is 4.14. The van der Waals surface area contributed by atoms with Gasteiger partial charge in [0.2, 0.25) is 0 Å². The Labute approximate surface area is 157 Å². The van der Waals surface area contributed by atoms with Crippen molar-refractivity contribution in [2.24, 2.45) is 0 Å². The lowest BCUT2D eigenvalue weighted by molar-refractivity contribution is 0.525. The molecular formula is C23H19ClN2. The molecule has 128 valence electrons. The molecule has 26 heavy (non-hydrogen) atoms. The van der Waals surface area contributed by atoms with Crippen LogP contribution in [0.1, 0.15) is 34.3 Å². The Morgan fingerprint density at radius 1 is 0.769 bits per heavy atom. The van der Waals surface area contributed by atoms with E-state index in [1.807, 2.05) is 12.1 Å². The van der Waals surface area contributed by atoms with Gasteiger partial charge in [-0.15, -0.1) is 0 Å². The number of para-hydroxylation sites is 1. The van der Waals surface area contributed by atoms with Crippen molar-refractivity contribution in [1.29, 1.82) is 0 Å². The minimum atomic E-state index is 0.148. The number of rotatable bonds is 2. The molecular weight excluding hydrogens is 340 g/mol. The highest BCUT2D eigenvalue weighted by molar-refractivity contribution is 6.30. The van der Waals surface area contributed by atoms with Crippen LogP contribution in [0, 0.1) is 0 Å². The first kappa shape index (κ1) is 15.7. The third kappa shape index (κ3) is 2.54. The Morgan fingerprint density at radius 3 is 2.31 bits per heavy atom. The average molecular weight is 359 g/mol. The average Bonchev–Trinajstić information content (AvgIpc) is 3.08. The quantitative estimate of drug-likeness (QED) is 0.476. The molecule has 1 aliphatic rings. The highest BCUT2D eigenvalue weighted by Crippen LogP contribution is 2.41. The van der Waals surface area contributed by atoms with Gasteiger partial charge in [0, 0.05) is 34.1 Å². The molecule has 1 aromatic heterocycles. The summed E-state index contributed by atoms with van der Waals surface area (Å²) in [4.78, 5) is 3.68. The monoisotopic (exact) mass is 358 g/mol. The van der Waals surface area contributed by atoms with Crippen molar-refractivity contribution in [2.45, 2.75) is 12.0 Å². The summed E-state index contributed by atoms with van der Waals surface area (Å²) in [5.74, 6) is 0.339. The van der Waals surface area contributed by atoms with Crippen LogP contribution in [0.15, 0.2) is 78.9 Å². The Morgan fingerprint density at radius 2 is 1.50 bits per heavy atom. The first-order valence-corrected chi connectivity index (χ1v) is 9.33. The molecule has 5 rings (SSSR count). The number of aromatic nitrogens is 1. The Bertz CT molecular complexity index is 1050. The molecule has 2 unspecified atom stereocenters. The van der Waals surface area contributed by atoms with E-state index in [2.05, 4.69) is 77.0 Å². The molecule has 0 bridgehead atoms. The van der Waals surface area contributed by atoms with Crippen LogP contribution in [0.25, 0.3) is 10.9 Å². The summed E-state index contributed by atoms with van der Waals surface area (Å²) >= 11 is 6.09. The lowest BCUT2D eigenvalue weighted by Crippen LogP contribution is -2.34. The highest BCUT2D eigenvalue weighted by Gasteiger charge is 2.32. The summed E-state index contributed by atoms with van der Waals surface area (Å²) in [5.41, 5.74) is 6.44. The summed E-state index contributed by atoms with van der Waals surface area (Å²) in [6.07, 6.45) is 0. The summed E-state index contributed by atoms with van der Waals surface area (Å²) < 4.78 is 0. The molecule has 2 N–H and O–H groups in total. The van der Waals surface area contributed by atoms with Gasteiger partial charge in [0.1, 0.15) is 0 Å². The van der Waals surface area contributed by atoms with E-state index in [1.165, 1.54) is 33.3 Å². The van der Waals surface area contributed by atoms with E-state index >= 15 is 0 Å². The molecule has 0 amide bonds. The zero-order valence-corrected chi connectivity index (χ0v) is 15.0. The fraction of sp³-hybridized carbons (Fsp3) is 0.130. The lowest BCUT2D eigenvalue weighted by atomic mass is 9.83. The molecule has 0 saturated carbocycles. The van der Waals surface area contributed by atoms with E-state index in [0.29, 0.717) is 5.92 Å². The highest BCUT2D eigenvalue weighted by atomic mass is 35.5. The minimum absolute atomic E-state index is 0.148. The number of halogens is 1. The van der Waals surface area contributed by atoms with E-state index in [9.17, 15) is 0 Å². The first-order chi connectivity index (χ1) is 12.8. The number of hydrogen-bond donors (Lipinski definition) is 2. The third-order valence-electron chi connectivity index (χ3n) is 5.35. The number of hydrogen-bond acceptors (Lipinski definition) is 1. The predicted octanol–water partition coefficient (Wildman–Crippen LogP) is 5.65. The second-order valence-electron chi connectivity index (χ2n) is 6.85. The first-order valence-electron chi connectivity index (χ1n) is 8.95. The molecule has 4 aromatic rings. The number of nitrogens with one attached hydrogen (secondary N) is 2. The molecule has 0 saturated heterocycles. The molecule has 0 spiro atoms. The van der Waals surface area contributed by atoms with Crippen LogP contribution in [0.4, 0.5) is 0 Å². The second-order valence-corrected chi connectivity index (χ2v) is 7.29. The Balaban J connectivity index is 1.70. The number of aromatic amines is 1. The normalized spacial score (nSPS) is 19.4. The molecule has 3 heteroatoms. The fourth-order valence-corrected chi connectivity index (χ4v) is 4.26. The molecule has 1 aliphatic heterocycles. The van der Waals surface area contributed by atoms with Gasteiger partial charge in [0.25, 0.3) is 0 Å². The van der Waals surface area contributed by atoms with Gasteiger partial charge in [0.05, 0.1) is 6.04 Å². The van der Waals surface area contributed by atoms with Gasteiger partial charge >= 0.3 is 0 Å². The van der Waals surface area contributed by atoms with Crippen molar-refractivity contribution < 1.29 is 0 Å². The summed E-state index contributed by atoms with van der Waals surface area (Å²) in [6.45, 7) is 0.909. The van der Waals surface area contributed by atoms with Crippen molar-refractivity contribution >= 4 is 22.5 Å². The minimum Gasteiger partial charge on any atom is -0.357 e. The summed E-state index contributed by atoms with van der Waals surface area (Å²) in [5, 5.41) is 5.83. The molecule has 0 aliphatic carbocycles. The van der Waals surface area contributed by atoms with Crippen LogP contribution in [-0.4, -0.2) is 11.5 Å². The lowest BCUT2D eigenvalue weighted by Gasteiger charge is -2.31. The van der Waals surface area contributed by atoms with Gasteiger partial charge in [0.15, 0.2) is 0 Å². The third-order valence-corrected chi connectivity index (χ3v) is 5.60. The van der Waals surface area contributed by atoms with Gasteiger partial charge in [-0.2, -0.15) is 0 Å². The van der Waals surface area contributed by atoms with Gasteiger partial charge in [-0.3, -0.25) is 0 Å². The van der Waals surface area contributed by atoms with Gasteiger partial charge in [-0.1, -0.05) is 72.3 Å². The van der Waals surface area contributed by atoms with Crippen molar-refractivity contribution in [2.75, 3.05) is 6.54 Å². The van der Waals surface area contributed by atoms with E-state index in [1.54, 1.807) is 0 Å². The molecule has 3 aromatic carbocycles. The smallest absolute Gasteiger partial charge is 0.0732 e. The van der Waals surface area contributed by atoms with E-state index in [-0.39, 0.29) is 6.04 Å². The zero-order chi connectivity index (χ0) is 17.5. The molecule has 2 nitrogen and oxygen atoms in total. The van der Waals surface area contributed by atoms with Crippen LogP contribution >= 0.6 is 11.6 Å². The van der Waals surface area contributed by atoms with E-state index in [4.69, 9.17) is 11.6 Å². The van der Waals surface area contributed by atoms with Crippen LogP contribution in [0.2, 0.25) is 5.02 Å². The Hall–Kier alpha value is -2.55. The maximum Gasteiger partial charge on any atom is 0.0732 e. The second kappa shape index (κ2) is 6.31. The van der Waals surface area contributed by atoms with E-state index in [0.717, 1.165) is 11.6 Å². The van der Waals surface area contributed by atoms with Crippen molar-refractivity contribution in [1.82, 2.24) is 10.3 Å². The van der Waals surface area contributed by atoms with Crippen molar-refractivity contribution in [3.8, 4) is 0 Å². The molecule has 0 fully saturated rings. The van der Waals surface area contributed by atoms with E-state index < -0.39 is 0 Å². The van der Waals surface area contributed by atoms with Crippen LogP contribution in [-0.2, 0) is 0 Å². The molecule has 2 atom stereocenters. The van der Waals surface area contributed by atoms with Crippen LogP contribution in [0.3, 0.4) is 0 Å². The summed E-state index contributed by atoms with van der Waals surface area (Å²) in [7, 11) is 0. The number of benzene rings is 3. The van der Waals surface area contributed by atoms with Crippen LogP contribution < -0.4 is 5.32 Å². The standard InChI is InChI=1S/C23H19ClN2/c24-17-12-10-16(11-13-17)22-23-21(18-8-4-5-9-20(18)26-23)19(14-25-22)15-6-2-1-3-7-15/h1-13,19,22,25-26H,14H2. The van der Waals surface area contributed by atoms with Gasteiger partial charge in [-0.05, 0) is 34.9 Å². The molecule has 0 radical (unpaired) electrons. The summed E-state index contributed by atoms with van der Waals surface area (Å²) in [6, 6.07) is 27.7. The SMILES string of the molecule is Clc1ccc(C2NCC(c3ccccc3)c3c2[nH]c2ccccc32)cc1. The topological polar surface area (TPSA) is 27.8 Å². The van der Waals surface area contributed by atoms with Crippen molar-refractivity contribution in [3.05, 3.63) is 106 Å². The van der Waals surface area contributed by atoms with Crippen molar-refractivity contribution in [3.63, 3.8) is 0 Å². The Kier molecular flexibility index (Phi) is 3.81. The molecule has 2 heterocycles. The maximum atomic E-state index is 6.09. The zero-order valence-electron chi connectivity index (χ0n) is 14.2. The maximum absolute atomic E-state index is 6.09. The predicted molar refractivity (Wildman–Crippen MR) is 108 cm³/mol.